The summed E-state index contributed by atoms with van der Waals surface area (Å²) in [6.45, 7) is 9.43. The quantitative estimate of drug-likeness (QED) is 0.762. The molecular formula is C22H34ClN3O3. The molecule has 3 rings (SSSR count). The van der Waals surface area contributed by atoms with Gasteiger partial charge in [0.05, 0.1) is 12.2 Å². The van der Waals surface area contributed by atoms with Crippen LogP contribution in [0.2, 0.25) is 0 Å². The van der Waals surface area contributed by atoms with E-state index in [1.54, 1.807) is 12.1 Å². The molecule has 2 N–H and O–H groups in total. The fourth-order valence-corrected chi connectivity index (χ4v) is 4.26. The Morgan fingerprint density at radius 2 is 1.86 bits per heavy atom. The van der Waals surface area contributed by atoms with Crippen molar-refractivity contribution in [3.8, 4) is 0 Å². The first kappa shape index (κ1) is 23.6. The lowest BCUT2D eigenvalue weighted by atomic mass is 9.85. The zero-order chi connectivity index (χ0) is 20.1. The van der Waals surface area contributed by atoms with Gasteiger partial charge >= 0.3 is 0 Å². The molecule has 0 radical (unpaired) electrons. The first-order valence-electron chi connectivity index (χ1n) is 10.5. The number of carbonyl (C=O) groups is 2. The summed E-state index contributed by atoms with van der Waals surface area (Å²) in [7, 11) is 0. The number of anilines is 1. The van der Waals surface area contributed by atoms with Crippen molar-refractivity contribution in [3.63, 3.8) is 0 Å². The van der Waals surface area contributed by atoms with Crippen LogP contribution in [0.5, 0.6) is 0 Å². The van der Waals surface area contributed by atoms with Crippen molar-refractivity contribution < 1.29 is 14.3 Å². The van der Waals surface area contributed by atoms with Gasteiger partial charge in [0.2, 0.25) is 5.91 Å². The Bertz CT molecular complexity index is 666. The molecule has 4 atom stereocenters. The number of nitrogens with zero attached hydrogens (tertiary/aromatic N) is 1. The number of benzene rings is 1. The molecule has 1 aromatic rings. The molecule has 2 fully saturated rings. The van der Waals surface area contributed by atoms with Gasteiger partial charge in [0.1, 0.15) is 0 Å². The minimum Gasteiger partial charge on any atom is -0.372 e. The highest BCUT2D eigenvalue weighted by Crippen LogP contribution is 2.23. The van der Waals surface area contributed by atoms with Gasteiger partial charge in [0, 0.05) is 30.8 Å². The van der Waals surface area contributed by atoms with Crippen LogP contribution in [0, 0.1) is 11.8 Å². The molecule has 6 nitrogen and oxygen atoms in total. The molecule has 4 unspecified atom stereocenters. The Balaban J connectivity index is 0.00000300. The van der Waals surface area contributed by atoms with Crippen molar-refractivity contribution in [3.05, 3.63) is 29.8 Å². The van der Waals surface area contributed by atoms with E-state index < -0.39 is 0 Å². The molecule has 2 aliphatic rings. The van der Waals surface area contributed by atoms with Gasteiger partial charge in [-0.25, -0.2) is 0 Å². The van der Waals surface area contributed by atoms with E-state index in [4.69, 9.17) is 4.74 Å². The molecule has 1 aromatic carbocycles. The first-order valence-corrected chi connectivity index (χ1v) is 10.5. The van der Waals surface area contributed by atoms with Gasteiger partial charge in [0.25, 0.3) is 5.91 Å². The Hall–Kier alpha value is -1.63. The normalized spacial score (nSPS) is 25.6. The monoisotopic (exact) mass is 423 g/mol. The van der Waals surface area contributed by atoms with E-state index in [9.17, 15) is 9.59 Å². The molecular weight excluding hydrogens is 390 g/mol. The van der Waals surface area contributed by atoms with Gasteiger partial charge in [-0.05, 0) is 75.9 Å². The van der Waals surface area contributed by atoms with Crippen molar-refractivity contribution in [2.75, 3.05) is 31.5 Å². The Kier molecular flexibility index (Phi) is 8.93. The maximum absolute atomic E-state index is 12.7. The van der Waals surface area contributed by atoms with Gasteiger partial charge in [-0.2, -0.15) is 0 Å². The summed E-state index contributed by atoms with van der Waals surface area (Å²) in [5.74, 6) is 0.975. The van der Waals surface area contributed by atoms with Gasteiger partial charge in [-0.1, -0.05) is 6.92 Å². The largest absolute Gasteiger partial charge is 0.372 e. The van der Waals surface area contributed by atoms with E-state index in [1.165, 1.54) is 12.8 Å². The summed E-state index contributed by atoms with van der Waals surface area (Å²) in [4.78, 5) is 26.9. The van der Waals surface area contributed by atoms with E-state index >= 15 is 0 Å². The van der Waals surface area contributed by atoms with Crippen molar-refractivity contribution in [2.45, 2.75) is 52.2 Å². The predicted octanol–water partition coefficient (Wildman–Crippen LogP) is 3.32. The lowest BCUT2D eigenvalue weighted by Crippen LogP contribution is -2.48. The van der Waals surface area contributed by atoms with Crippen LogP contribution >= 0.6 is 12.4 Å². The van der Waals surface area contributed by atoms with Crippen molar-refractivity contribution >= 4 is 29.9 Å². The molecule has 2 heterocycles. The molecule has 0 saturated carbocycles. The summed E-state index contributed by atoms with van der Waals surface area (Å²) in [5, 5.41) is 6.38. The molecule has 0 bridgehead atoms. The molecule has 2 amide bonds. The number of rotatable bonds is 5. The van der Waals surface area contributed by atoms with Crippen LogP contribution in [0.15, 0.2) is 24.3 Å². The summed E-state index contributed by atoms with van der Waals surface area (Å²) in [5.41, 5.74) is 1.38. The topological polar surface area (TPSA) is 70.7 Å². The second-order valence-electron chi connectivity index (χ2n) is 8.38. The smallest absolute Gasteiger partial charge is 0.254 e. The van der Waals surface area contributed by atoms with E-state index in [-0.39, 0.29) is 36.4 Å². The fraction of sp³-hybridized carbons (Fsp3) is 0.636. The summed E-state index contributed by atoms with van der Waals surface area (Å²) < 4.78 is 5.70. The SMILES string of the molecule is CC1CN(C(=O)c2ccc(NC(=O)CC(C)C3CCCNC3)cc2)CC(C)O1.Cl. The van der Waals surface area contributed by atoms with Crippen molar-refractivity contribution in [1.29, 1.82) is 0 Å². The number of hydrogen-bond donors (Lipinski definition) is 2. The van der Waals surface area contributed by atoms with E-state index in [1.807, 2.05) is 30.9 Å². The molecule has 0 aliphatic carbocycles. The van der Waals surface area contributed by atoms with Gasteiger partial charge in [0.15, 0.2) is 0 Å². The highest BCUT2D eigenvalue weighted by molar-refractivity contribution is 5.96. The number of ether oxygens (including phenoxy) is 1. The average Bonchev–Trinajstić information content (AvgIpc) is 2.68. The van der Waals surface area contributed by atoms with Crippen molar-refractivity contribution in [1.82, 2.24) is 10.2 Å². The Labute approximate surface area is 180 Å². The minimum atomic E-state index is 0. The third-order valence-corrected chi connectivity index (χ3v) is 5.77. The number of halogens is 1. The highest BCUT2D eigenvalue weighted by Gasteiger charge is 2.26. The fourth-order valence-electron chi connectivity index (χ4n) is 4.26. The summed E-state index contributed by atoms with van der Waals surface area (Å²) in [6.07, 6.45) is 3.00. The van der Waals surface area contributed by atoms with Crippen LogP contribution in [0.1, 0.15) is 50.4 Å². The van der Waals surface area contributed by atoms with Crippen LogP contribution in [0.25, 0.3) is 0 Å². The van der Waals surface area contributed by atoms with Crippen molar-refractivity contribution in [2.24, 2.45) is 11.8 Å². The van der Waals surface area contributed by atoms with Crippen LogP contribution in [-0.2, 0) is 9.53 Å². The third kappa shape index (κ3) is 6.69. The molecule has 7 heteroatoms. The molecule has 162 valence electrons. The van der Waals surface area contributed by atoms with Crippen LogP contribution in [0.3, 0.4) is 0 Å². The molecule has 0 aromatic heterocycles. The molecule has 2 aliphatic heterocycles. The number of nitrogens with one attached hydrogen (secondary N) is 2. The van der Waals surface area contributed by atoms with E-state index in [2.05, 4.69) is 17.6 Å². The van der Waals surface area contributed by atoms with E-state index in [0.29, 0.717) is 36.9 Å². The average molecular weight is 424 g/mol. The van der Waals surface area contributed by atoms with Crippen LogP contribution in [0.4, 0.5) is 5.69 Å². The maximum atomic E-state index is 12.7. The zero-order valence-corrected chi connectivity index (χ0v) is 18.5. The lowest BCUT2D eigenvalue weighted by molar-refractivity contribution is -0.117. The Morgan fingerprint density at radius 3 is 2.45 bits per heavy atom. The second kappa shape index (κ2) is 11.0. The highest BCUT2D eigenvalue weighted by atomic mass is 35.5. The number of hydrogen-bond acceptors (Lipinski definition) is 4. The standard InChI is InChI=1S/C22H33N3O3.ClH/c1-15(19-5-4-10-23-12-19)11-21(26)24-20-8-6-18(7-9-20)22(27)25-13-16(2)28-17(3)14-25;/h6-9,15-17,19,23H,4-5,10-14H2,1-3H3,(H,24,26);1H. The van der Waals surface area contributed by atoms with Gasteiger partial charge < -0.3 is 20.3 Å². The maximum Gasteiger partial charge on any atom is 0.254 e. The molecule has 29 heavy (non-hydrogen) atoms. The molecule has 2 saturated heterocycles. The summed E-state index contributed by atoms with van der Waals surface area (Å²) >= 11 is 0. The zero-order valence-electron chi connectivity index (χ0n) is 17.6. The number of carbonyl (C=O) groups excluding carboxylic acids is 2. The number of morpholine rings is 1. The predicted molar refractivity (Wildman–Crippen MR) is 118 cm³/mol. The van der Waals surface area contributed by atoms with Crippen LogP contribution in [-0.4, -0.2) is 55.1 Å². The lowest BCUT2D eigenvalue weighted by Gasteiger charge is -2.35. The number of piperidine rings is 1. The van der Waals surface area contributed by atoms with Crippen LogP contribution < -0.4 is 10.6 Å². The number of amides is 2. The van der Waals surface area contributed by atoms with Gasteiger partial charge in [-0.3, -0.25) is 9.59 Å². The third-order valence-electron chi connectivity index (χ3n) is 5.77. The Morgan fingerprint density at radius 1 is 1.21 bits per heavy atom. The van der Waals surface area contributed by atoms with E-state index in [0.717, 1.165) is 18.8 Å². The van der Waals surface area contributed by atoms with Gasteiger partial charge in [-0.15, -0.1) is 12.4 Å². The second-order valence-corrected chi connectivity index (χ2v) is 8.38. The summed E-state index contributed by atoms with van der Waals surface area (Å²) in [6, 6.07) is 7.20. The minimum absolute atomic E-state index is 0. The first-order chi connectivity index (χ1) is 13.4. The molecule has 0 spiro atoms.